The minimum atomic E-state index is -0.450. The Bertz CT molecular complexity index is 1190. The lowest BCUT2D eigenvalue weighted by molar-refractivity contribution is -0.384. The highest BCUT2D eigenvalue weighted by Gasteiger charge is 2.12. The molecule has 0 saturated carbocycles. The lowest BCUT2D eigenvalue weighted by atomic mass is 10.1. The van der Waals surface area contributed by atoms with Crippen molar-refractivity contribution in [3.63, 3.8) is 0 Å². The molecule has 1 aromatic heterocycles. The molecule has 0 saturated heterocycles. The zero-order valence-electron chi connectivity index (χ0n) is 14.3. The van der Waals surface area contributed by atoms with E-state index < -0.39 is 4.92 Å². The maximum atomic E-state index is 10.8. The fraction of sp³-hybridized carbons (Fsp3) is 0. The maximum Gasteiger partial charge on any atom is 0.269 e. The van der Waals surface area contributed by atoms with Gasteiger partial charge in [0.15, 0.2) is 0 Å². The van der Waals surface area contributed by atoms with Gasteiger partial charge in [-0.2, -0.15) is 0 Å². The van der Waals surface area contributed by atoms with E-state index in [1.807, 2.05) is 36.4 Å². The molecule has 28 heavy (non-hydrogen) atoms. The van der Waals surface area contributed by atoms with Gasteiger partial charge in [0.1, 0.15) is 11.5 Å². The number of nitrogens with zero attached hydrogens (tertiary/aromatic N) is 2. The van der Waals surface area contributed by atoms with Gasteiger partial charge >= 0.3 is 0 Å². The summed E-state index contributed by atoms with van der Waals surface area (Å²) in [6.45, 7) is 0. The van der Waals surface area contributed by atoms with Crippen LogP contribution < -0.4 is 4.74 Å². The second-order valence-electron chi connectivity index (χ2n) is 6.00. The molecule has 0 atom stereocenters. The predicted molar refractivity (Wildman–Crippen MR) is 110 cm³/mol. The van der Waals surface area contributed by atoms with E-state index >= 15 is 0 Å². The third-order valence-corrected chi connectivity index (χ3v) is 4.91. The van der Waals surface area contributed by atoms with Crippen LogP contribution in [0, 0.1) is 10.1 Å². The molecule has 0 N–H and O–H groups in total. The molecule has 0 amide bonds. The van der Waals surface area contributed by atoms with Crippen molar-refractivity contribution in [3.05, 3.63) is 93.0 Å². The fourth-order valence-electron chi connectivity index (χ4n) is 2.79. The van der Waals surface area contributed by atoms with E-state index in [1.165, 1.54) is 12.1 Å². The topological polar surface area (TPSA) is 65.3 Å². The first-order valence-electron chi connectivity index (χ1n) is 8.29. The second kappa shape index (κ2) is 7.46. The van der Waals surface area contributed by atoms with Crippen LogP contribution in [-0.2, 0) is 0 Å². The number of fused-ring (bicyclic) bond motifs is 1. The normalized spacial score (nSPS) is 10.8. The Morgan fingerprint density at radius 2 is 1.64 bits per heavy atom. The zero-order valence-corrected chi connectivity index (χ0v) is 15.8. The molecule has 0 bridgehead atoms. The smallest absolute Gasteiger partial charge is 0.269 e. The Morgan fingerprint density at radius 3 is 2.36 bits per heavy atom. The van der Waals surface area contributed by atoms with E-state index in [0.717, 1.165) is 16.5 Å². The molecule has 0 fully saturated rings. The highest BCUT2D eigenvalue weighted by Crippen LogP contribution is 2.35. The van der Waals surface area contributed by atoms with Crippen molar-refractivity contribution < 1.29 is 9.66 Å². The molecule has 0 unspecified atom stereocenters. The molecule has 7 heteroatoms. The minimum absolute atomic E-state index is 0.00318. The Kier molecular flexibility index (Phi) is 4.86. The van der Waals surface area contributed by atoms with Crippen LogP contribution in [0.3, 0.4) is 0 Å². The number of aromatic nitrogens is 1. The molecule has 0 spiro atoms. The van der Waals surface area contributed by atoms with Crippen LogP contribution in [0.4, 0.5) is 5.69 Å². The molecule has 0 aliphatic rings. The molecule has 5 nitrogen and oxygen atoms in total. The standard InChI is InChI=1S/C21H12Cl2N2O3/c22-17-10-5-13(11-18(17)23)20-12-21(16-3-1-2-4-19(16)24-20)28-15-8-6-14(7-9-15)25(26)27/h1-12H. The first-order chi connectivity index (χ1) is 13.5. The summed E-state index contributed by atoms with van der Waals surface area (Å²) in [5.74, 6) is 1.07. The van der Waals surface area contributed by atoms with Gasteiger partial charge in [-0.1, -0.05) is 41.4 Å². The summed E-state index contributed by atoms with van der Waals surface area (Å²) < 4.78 is 6.02. The average molecular weight is 411 g/mol. The molecule has 4 rings (SSSR count). The third kappa shape index (κ3) is 3.63. The van der Waals surface area contributed by atoms with Gasteiger partial charge < -0.3 is 4.74 Å². The predicted octanol–water partition coefficient (Wildman–Crippen LogP) is 6.91. The van der Waals surface area contributed by atoms with Gasteiger partial charge in [0.05, 0.1) is 26.2 Å². The van der Waals surface area contributed by atoms with Crippen molar-refractivity contribution in [3.8, 4) is 22.8 Å². The van der Waals surface area contributed by atoms with Crippen molar-refractivity contribution in [2.45, 2.75) is 0 Å². The van der Waals surface area contributed by atoms with Crippen LogP contribution in [0.2, 0.25) is 10.0 Å². The number of ether oxygens (including phenoxy) is 1. The van der Waals surface area contributed by atoms with Gasteiger partial charge in [0.25, 0.3) is 5.69 Å². The van der Waals surface area contributed by atoms with E-state index in [-0.39, 0.29) is 5.69 Å². The Hall–Kier alpha value is -3.15. The van der Waals surface area contributed by atoms with Crippen LogP contribution >= 0.6 is 23.2 Å². The van der Waals surface area contributed by atoms with Crippen molar-refractivity contribution >= 4 is 39.8 Å². The van der Waals surface area contributed by atoms with Crippen molar-refractivity contribution in [2.75, 3.05) is 0 Å². The number of rotatable bonds is 4. The third-order valence-electron chi connectivity index (χ3n) is 4.17. The number of para-hydroxylation sites is 1. The monoisotopic (exact) mass is 410 g/mol. The van der Waals surface area contributed by atoms with E-state index in [9.17, 15) is 10.1 Å². The largest absolute Gasteiger partial charge is 0.457 e. The molecule has 0 radical (unpaired) electrons. The molecule has 0 aliphatic heterocycles. The summed E-state index contributed by atoms with van der Waals surface area (Å²) in [6.07, 6.45) is 0. The lowest BCUT2D eigenvalue weighted by Crippen LogP contribution is -1.92. The number of nitro benzene ring substituents is 1. The van der Waals surface area contributed by atoms with E-state index in [0.29, 0.717) is 27.2 Å². The number of hydrogen-bond donors (Lipinski definition) is 0. The molecular formula is C21H12Cl2N2O3. The van der Waals surface area contributed by atoms with Gasteiger partial charge in [0, 0.05) is 29.1 Å². The number of halogens is 2. The van der Waals surface area contributed by atoms with E-state index in [4.69, 9.17) is 27.9 Å². The van der Waals surface area contributed by atoms with Gasteiger partial charge in [-0.15, -0.1) is 0 Å². The van der Waals surface area contributed by atoms with Crippen LogP contribution in [-0.4, -0.2) is 9.91 Å². The van der Waals surface area contributed by atoms with Crippen LogP contribution in [0.5, 0.6) is 11.5 Å². The van der Waals surface area contributed by atoms with Gasteiger partial charge in [0.2, 0.25) is 0 Å². The molecule has 1 heterocycles. The van der Waals surface area contributed by atoms with Gasteiger partial charge in [-0.3, -0.25) is 10.1 Å². The number of hydrogen-bond acceptors (Lipinski definition) is 4. The highest BCUT2D eigenvalue weighted by atomic mass is 35.5. The van der Waals surface area contributed by atoms with E-state index in [1.54, 1.807) is 24.3 Å². The number of benzene rings is 3. The Morgan fingerprint density at radius 1 is 0.893 bits per heavy atom. The Labute approximate surface area is 170 Å². The zero-order chi connectivity index (χ0) is 19.7. The number of non-ortho nitro benzene ring substituents is 1. The van der Waals surface area contributed by atoms with Crippen molar-refractivity contribution in [2.24, 2.45) is 0 Å². The second-order valence-corrected chi connectivity index (χ2v) is 6.82. The summed E-state index contributed by atoms with van der Waals surface area (Å²) >= 11 is 12.2. The fourth-order valence-corrected chi connectivity index (χ4v) is 3.09. The molecule has 0 aliphatic carbocycles. The summed E-state index contributed by atoms with van der Waals surface area (Å²) in [7, 11) is 0. The lowest BCUT2D eigenvalue weighted by Gasteiger charge is -2.12. The van der Waals surface area contributed by atoms with Crippen LogP contribution in [0.25, 0.3) is 22.2 Å². The summed E-state index contributed by atoms with van der Waals surface area (Å²) in [5.41, 5.74) is 2.23. The van der Waals surface area contributed by atoms with E-state index in [2.05, 4.69) is 4.98 Å². The number of nitro groups is 1. The minimum Gasteiger partial charge on any atom is -0.457 e. The summed E-state index contributed by atoms with van der Waals surface area (Å²) in [6, 6.07) is 20.6. The average Bonchev–Trinajstić information content (AvgIpc) is 2.70. The highest BCUT2D eigenvalue weighted by molar-refractivity contribution is 6.42. The summed E-state index contributed by atoms with van der Waals surface area (Å²) in [4.78, 5) is 15.1. The summed E-state index contributed by atoms with van der Waals surface area (Å²) in [5, 5.41) is 12.6. The maximum absolute atomic E-state index is 10.8. The van der Waals surface area contributed by atoms with Crippen LogP contribution in [0.1, 0.15) is 0 Å². The molecule has 138 valence electrons. The molecule has 3 aromatic carbocycles. The van der Waals surface area contributed by atoms with Gasteiger partial charge in [-0.25, -0.2) is 4.98 Å². The van der Waals surface area contributed by atoms with Crippen molar-refractivity contribution in [1.29, 1.82) is 0 Å². The first kappa shape index (κ1) is 18.2. The first-order valence-corrected chi connectivity index (χ1v) is 9.04. The molecule has 4 aromatic rings. The van der Waals surface area contributed by atoms with Gasteiger partial charge in [-0.05, 0) is 36.4 Å². The molecular weight excluding hydrogens is 399 g/mol. The Balaban J connectivity index is 1.80. The quantitative estimate of drug-likeness (QED) is 0.270. The van der Waals surface area contributed by atoms with Crippen molar-refractivity contribution in [1.82, 2.24) is 4.98 Å². The number of pyridine rings is 1. The van der Waals surface area contributed by atoms with Crippen LogP contribution in [0.15, 0.2) is 72.8 Å². The SMILES string of the molecule is O=[N+]([O-])c1ccc(Oc2cc(-c3ccc(Cl)c(Cl)c3)nc3ccccc23)cc1.